The van der Waals surface area contributed by atoms with Crippen LogP contribution in [0.15, 0.2) is 18.2 Å². The first kappa shape index (κ1) is 18.1. The Balaban J connectivity index is 2.78. The zero-order valence-electron chi connectivity index (χ0n) is 13.8. The molecule has 0 saturated heterocycles. The van der Waals surface area contributed by atoms with E-state index in [0.717, 1.165) is 32.0 Å². The Morgan fingerprint density at radius 2 is 1.71 bits per heavy atom. The van der Waals surface area contributed by atoms with Crippen molar-refractivity contribution in [3.63, 3.8) is 0 Å². The molecule has 0 fully saturated rings. The van der Waals surface area contributed by atoms with Gasteiger partial charge in [0, 0.05) is 24.2 Å². The number of benzene rings is 1. The highest BCUT2D eigenvalue weighted by Gasteiger charge is 2.22. The molecule has 0 saturated carbocycles. The van der Waals surface area contributed by atoms with Crippen molar-refractivity contribution >= 4 is 0 Å². The summed E-state index contributed by atoms with van der Waals surface area (Å²) in [6.45, 7) is 10.2. The summed E-state index contributed by atoms with van der Waals surface area (Å²) in [5.41, 5.74) is 0.807. The molecule has 21 heavy (non-hydrogen) atoms. The van der Waals surface area contributed by atoms with E-state index in [9.17, 15) is 8.78 Å². The molecule has 1 N–H and O–H groups in total. The molecule has 0 aromatic heterocycles. The fourth-order valence-corrected chi connectivity index (χ4v) is 2.30. The first-order valence-corrected chi connectivity index (χ1v) is 7.70. The topological polar surface area (TPSA) is 15.3 Å². The van der Waals surface area contributed by atoms with Gasteiger partial charge in [-0.05, 0) is 58.0 Å². The molecule has 0 amide bonds. The van der Waals surface area contributed by atoms with Gasteiger partial charge in [-0.2, -0.15) is 0 Å². The lowest BCUT2D eigenvalue weighted by molar-refractivity contribution is 0.144. The number of halogens is 2. The van der Waals surface area contributed by atoms with Gasteiger partial charge >= 0.3 is 0 Å². The van der Waals surface area contributed by atoms with Crippen LogP contribution >= 0.6 is 0 Å². The van der Waals surface area contributed by atoms with Crippen molar-refractivity contribution in [2.45, 2.75) is 52.1 Å². The van der Waals surface area contributed by atoms with Crippen LogP contribution in [0.1, 0.15) is 52.1 Å². The Morgan fingerprint density at radius 3 is 2.19 bits per heavy atom. The predicted octanol–water partition coefficient (Wildman–Crippen LogP) is 4.13. The Labute approximate surface area is 127 Å². The molecule has 0 radical (unpaired) electrons. The third-order valence-electron chi connectivity index (χ3n) is 4.39. The molecule has 2 nitrogen and oxygen atoms in total. The summed E-state index contributed by atoms with van der Waals surface area (Å²) in [6, 6.07) is 3.72. The van der Waals surface area contributed by atoms with E-state index >= 15 is 0 Å². The van der Waals surface area contributed by atoms with Crippen molar-refractivity contribution in [3.8, 4) is 0 Å². The molecule has 1 aromatic rings. The maximum atomic E-state index is 13.4. The average molecular weight is 298 g/mol. The van der Waals surface area contributed by atoms with Crippen molar-refractivity contribution in [1.29, 1.82) is 0 Å². The summed E-state index contributed by atoms with van der Waals surface area (Å²) in [7, 11) is 2.10. The van der Waals surface area contributed by atoms with Gasteiger partial charge < -0.3 is 10.2 Å². The van der Waals surface area contributed by atoms with Crippen LogP contribution in [0.5, 0.6) is 0 Å². The van der Waals surface area contributed by atoms with Crippen molar-refractivity contribution in [2.24, 2.45) is 0 Å². The van der Waals surface area contributed by atoms with E-state index < -0.39 is 11.6 Å². The van der Waals surface area contributed by atoms with Crippen molar-refractivity contribution in [1.82, 2.24) is 10.2 Å². The largest absolute Gasteiger partial charge is 0.310 e. The molecule has 4 heteroatoms. The van der Waals surface area contributed by atoms with Gasteiger partial charge in [0.2, 0.25) is 0 Å². The van der Waals surface area contributed by atoms with E-state index in [0.29, 0.717) is 5.56 Å². The number of rotatable bonds is 8. The van der Waals surface area contributed by atoms with E-state index in [1.54, 1.807) is 0 Å². The highest BCUT2D eigenvalue weighted by atomic mass is 19.1. The van der Waals surface area contributed by atoms with Crippen LogP contribution in [0.25, 0.3) is 0 Å². The van der Waals surface area contributed by atoms with Gasteiger partial charge in [-0.1, -0.05) is 13.8 Å². The molecule has 120 valence electrons. The van der Waals surface area contributed by atoms with Gasteiger partial charge in [-0.15, -0.1) is 0 Å². The van der Waals surface area contributed by atoms with Crippen LogP contribution in [-0.4, -0.2) is 30.6 Å². The lowest BCUT2D eigenvalue weighted by Gasteiger charge is -2.36. The van der Waals surface area contributed by atoms with Crippen molar-refractivity contribution in [3.05, 3.63) is 35.4 Å². The quantitative estimate of drug-likeness (QED) is 0.776. The molecule has 0 bridgehead atoms. The SMILES string of the molecule is CCNC(CCN(C)C(C)(C)CC)c1cc(F)cc(F)c1. The summed E-state index contributed by atoms with van der Waals surface area (Å²) in [6.07, 6.45) is 1.88. The second kappa shape index (κ2) is 7.85. The maximum absolute atomic E-state index is 13.4. The van der Waals surface area contributed by atoms with Crippen LogP contribution in [0.4, 0.5) is 8.78 Å². The van der Waals surface area contributed by atoms with Crippen LogP contribution in [0.3, 0.4) is 0 Å². The van der Waals surface area contributed by atoms with Crippen molar-refractivity contribution in [2.75, 3.05) is 20.1 Å². The smallest absolute Gasteiger partial charge is 0.126 e. The first-order valence-electron chi connectivity index (χ1n) is 7.70. The van der Waals surface area contributed by atoms with Crippen molar-refractivity contribution < 1.29 is 8.78 Å². The zero-order chi connectivity index (χ0) is 16.0. The van der Waals surface area contributed by atoms with Gasteiger partial charge in [-0.3, -0.25) is 0 Å². The third kappa shape index (κ3) is 5.36. The number of nitrogens with zero attached hydrogens (tertiary/aromatic N) is 1. The minimum absolute atomic E-state index is 0.0321. The Bertz CT molecular complexity index is 426. The van der Waals surface area contributed by atoms with Gasteiger partial charge in [-0.25, -0.2) is 8.78 Å². The Hall–Kier alpha value is -1.00. The summed E-state index contributed by atoms with van der Waals surface area (Å²) < 4.78 is 26.8. The Morgan fingerprint density at radius 1 is 1.14 bits per heavy atom. The summed E-state index contributed by atoms with van der Waals surface area (Å²) in [4.78, 5) is 2.30. The lowest BCUT2D eigenvalue weighted by atomic mass is 9.98. The molecular weight excluding hydrogens is 270 g/mol. The third-order valence-corrected chi connectivity index (χ3v) is 4.39. The molecule has 1 rings (SSSR count). The van der Waals surface area contributed by atoms with E-state index in [1.165, 1.54) is 12.1 Å². The summed E-state index contributed by atoms with van der Waals surface area (Å²) >= 11 is 0. The molecule has 1 unspecified atom stereocenters. The first-order chi connectivity index (χ1) is 9.80. The molecule has 0 heterocycles. The van der Waals surface area contributed by atoms with E-state index in [4.69, 9.17) is 0 Å². The maximum Gasteiger partial charge on any atom is 0.126 e. The van der Waals surface area contributed by atoms with Gasteiger partial charge in [0.15, 0.2) is 0 Å². The molecule has 0 spiro atoms. The molecular formula is C17H28F2N2. The van der Waals surface area contributed by atoms with Crippen LogP contribution < -0.4 is 5.32 Å². The number of nitrogens with one attached hydrogen (secondary N) is 1. The standard InChI is InChI=1S/C17H28F2N2/c1-6-17(3,4)21(5)9-8-16(20-7-2)13-10-14(18)12-15(19)11-13/h10-12,16,20H,6-9H2,1-5H3. The van der Waals surface area contributed by atoms with Gasteiger partial charge in [0.1, 0.15) is 11.6 Å². The second-order valence-corrected chi connectivity index (χ2v) is 6.19. The Kier molecular flexibility index (Phi) is 6.75. The van der Waals surface area contributed by atoms with Gasteiger partial charge in [0.25, 0.3) is 0 Å². The molecule has 1 aromatic carbocycles. The summed E-state index contributed by atoms with van der Waals surface area (Å²) in [5.74, 6) is -1.04. The highest BCUT2D eigenvalue weighted by Crippen LogP contribution is 2.22. The van der Waals surface area contributed by atoms with Crippen LogP contribution in [0, 0.1) is 11.6 Å². The van der Waals surface area contributed by atoms with Crippen LogP contribution in [-0.2, 0) is 0 Å². The van der Waals surface area contributed by atoms with E-state index in [2.05, 4.69) is 38.0 Å². The second-order valence-electron chi connectivity index (χ2n) is 6.19. The predicted molar refractivity (Wildman–Crippen MR) is 84.4 cm³/mol. The zero-order valence-corrected chi connectivity index (χ0v) is 13.8. The molecule has 0 aliphatic rings. The normalized spacial score (nSPS) is 13.7. The fraction of sp³-hybridized carbons (Fsp3) is 0.647. The highest BCUT2D eigenvalue weighted by molar-refractivity contribution is 5.21. The molecule has 1 atom stereocenters. The van der Waals surface area contributed by atoms with Gasteiger partial charge in [0.05, 0.1) is 0 Å². The number of hydrogen-bond donors (Lipinski definition) is 1. The van der Waals surface area contributed by atoms with Crippen LogP contribution in [0.2, 0.25) is 0 Å². The molecule has 0 aliphatic heterocycles. The lowest BCUT2D eigenvalue weighted by Crippen LogP contribution is -2.42. The minimum atomic E-state index is -0.518. The number of hydrogen-bond acceptors (Lipinski definition) is 2. The average Bonchev–Trinajstić information content (AvgIpc) is 2.41. The molecule has 0 aliphatic carbocycles. The fourth-order valence-electron chi connectivity index (χ4n) is 2.30. The van der Waals surface area contributed by atoms with E-state index in [-0.39, 0.29) is 11.6 Å². The minimum Gasteiger partial charge on any atom is -0.310 e. The van der Waals surface area contributed by atoms with E-state index in [1.807, 2.05) is 6.92 Å². The summed E-state index contributed by atoms with van der Waals surface area (Å²) in [5, 5.41) is 3.32. The monoisotopic (exact) mass is 298 g/mol.